The summed E-state index contributed by atoms with van der Waals surface area (Å²) in [7, 11) is 2.00. The second kappa shape index (κ2) is 6.66. The minimum atomic E-state index is 0.473. The summed E-state index contributed by atoms with van der Waals surface area (Å²) < 4.78 is 8.53. The molecule has 0 radical (unpaired) electrons. The van der Waals surface area contributed by atoms with Gasteiger partial charge in [-0.15, -0.1) is 0 Å². The molecule has 0 spiro atoms. The van der Waals surface area contributed by atoms with E-state index in [1.165, 1.54) is 0 Å². The summed E-state index contributed by atoms with van der Waals surface area (Å²) in [5, 5.41) is 4.25. The molecule has 1 N–H and O–H groups in total. The highest BCUT2D eigenvalue weighted by Gasteiger charge is 2.18. The van der Waals surface area contributed by atoms with Crippen molar-refractivity contribution in [2.45, 2.75) is 20.8 Å². The summed E-state index contributed by atoms with van der Waals surface area (Å²) in [6.45, 7) is 6.76. The van der Waals surface area contributed by atoms with E-state index >= 15 is 0 Å². The van der Waals surface area contributed by atoms with Gasteiger partial charge in [0, 0.05) is 19.2 Å². The van der Waals surface area contributed by atoms with E-state index in [9.17, 15) is 0 Å². The van der Waals surface area contributed by atoms with E-state index in [4.69, 9.17) is 23.2 Å². The number of hydrogen-bond acceptors (Lipinski definition) is 7. The molecule has 3 rings (SSSR count). The van der Waals surface area contributed by atoms with Crippen LogP contribution >= 0.6 is 34.9 Å². The third-order valence-corrected chi connectivity index (χ3v) is 4.87. The Morgan fingerprint density at radius 1 is 1.12 bits per heavy atom. The number of nitrogens with one attached hydrogen (secondary N) is 1. The molecule has 0 atom stereocenters. The molecule has 0 unspecified atom stereocenters. The average Bonchev–Trinajstić information content (AvgIpc) is 3.03. The molecule has 3 aromatic rings. The molecule has 0 saturated carbocycles. The molecule has 2 aromatic heterocycles. The maximum Gasteiger partial charge on any atom is 0.139 e. The topological polar surface area (TPSA) is 66.8 Å². The quantitative estimate of drug-likeness (QED) is 0.710. The lowest BCUT2D eigenvalue weighted by molar-refractivity contribution is 0.902. The molecule has 0 aliphatic heterocycles. The van der Waals surface area contributed by atoms with Crippen LogP contribution in [0.15, 0.2) is 6.07 Å². The lowest BCUT2D eigenvalue weighted by atomic mass is 10.2. The van der Waals surface area contributed by atoms with Gasteiger partial charge in [0.1, 0.15) is 28.5 Å². The van der Waals surface area contributed by atoms with Gasteiger partial charge < -0.3 is 10.2 Å². The fraction of sp³-hybridized carbons (Fsp3) is 0.333. The molecule has 24 heavy (non-hydrogen) atoms. The van der Waals surface area contributed by atoms with Crippen LogP contribution in [0.25, 0.3) is 11.0 Å². The predicted molar refractivity (Wildman–Crippen MR) is 101 cm³/mol. The van der Waals surface area contributed by atoms with Gasteiger partial charge in [-0.2, -0.15) is 8.75 Å². The average molecular weight is 383 g/mol. The van der Waals surface area contributed by atoms with Crippen molar-refractivity contribution in [2.24, 2.45) is 0 Å². The summed E-state index contributed by atoms with van der Waals surface area (Å²) >= 11 is 13.6. The van der Waals surface area contributed by atoms with Crippen LogP contribution in [-0.4, -0.2) is 32.3 Å². The number of aromatic nitrogens is 4. The molecular formula is C15H16Cl2N6S. The van der Waals surface area contributed by atoms with Crippen LogP contribution in [-0.2, 0) is 0 Å². The summed E-state index contributed by atoms with van der Waals surface area (Å²) in [6, 6.07) is 1.66. The number of nitrogens with zero attached hydrogens (tertiary/aromatic N) is 5. The number of benzene rings is 1. The Bertz CT molecular complexity index is 911. The van der Waals surface area contributed by atoms with Crippen LogP contribution in [0.4, 0.5) is 17.3 Å². The van der Waals surface area contributed by atoms with Crippen LogP contribution in [0.2, 0.25) is 10.0 Å². The zero-order valence-electron chi connectivity index (χ0n) is 13.7. The standard InChI is InChI=1S/C15H16Cl2N6S/c1-5-23(4)15-7(2)14(18-8(3)19-15)20-11-9(16)6-10(17)12-13(11)22-24-21-12/h6H,5H2,1-4H3,(H,18,19,20). The third kappa shape index (κ3) is 2.99. The van der Waals surface area contributed by atoms with Crippen molar-refractivity contribution in [3.8, 4) is 0 Å². The molecule has 0 aliphatic rings. The van der Waals surface area contributed by atoms with Gasteiger partial charge in [-0.05, 0) is 26.8 Å². The SMILES string of the molecule is CCN(C)c1nc(C)nc(Nc2c(Cl)cc(Cl)c3nsnc23)c1C. The van der Waals surface area contributed by atoms with Crippen LogP contribution in [0.5, 0.6) is 0 Å². The van der Waals surface area contributed by atoms with E-state index < -0.39 is 0 Å². The van der Waals surface area contributed by atoms with E-state index in [1.54, 1.807) is 6.07 Å². The first-order valence-electron chi connectivity index (χ1n) is 7.36. The van der Waals surface area contributed by atoms with Gasteiger partial charge >= 0.3 is 0 Å². The number of halogens is 2. The van der Waals surface area contributed by atoms with Gasteiger partial charge in [0.25, 0.3) is 0 Å². The summed E-state index contributed by atoms with van der Waals surface area (Å²) in [5.41, 5.74) is 2.85. The second-order valence-corrected chi connectivity index (χ2v) is 6.73. The molecule has 9 heteroatoms. The molecule has 0 saturated heterocycles. The highest BCUT2D eigenvalue weighted by atomic mass is 35.5. The van der Waals surface area contributed by atoms with Crippen LogP contribution in [0, 0.1) is 13.8 Å². The number of fused-ring (bicyclic) bond motifs is 1. The minimum Gasteiger partial charge on any atom is -0.360 e. The molecule has 6 nitrogen and oxygen atoms in total. The molecule has 2 heterocycles. The highest BCUT2D eigenvalue weighted by molar-refractivity contribution is 7.00. The molecular weight excluding hydrogens is 367 g/mol. The van der Waals surface area contributed by atoms with Gasteiger partial charge in [0.2, 0.25) is 0 Å². The van der Waals surface area contributed by atoms with Gasteiger partial charge in [-0.3, -0.25) is 0 Å². The van der Waals surface area contributed by atoms with Crippen molar-refractivity contribution in [1.82, 2.24) is 18.7 Å². The maximum absolute atomic E-state index is 6.37. The van der Waals surface area contributed by atoms with Gasteiger partial charge in [-0.25, -0.2) is 9.97 Å². The Kier molecular flexibility index (Phi) is 4.76. The maximum atomic E-state index is 6.37. The van der Waals surface area contributed by atoms with Crippen molar-refractivity contribution in [1.29, 1.82) is 0 Å². The van der Waals surface area contributed by atoms with E-state index in [-0.39, 0.29) is 0 Å². The van der Waals surface area contributed by atoms with E-state index in [0.717, 1.165) is 29.7 Å². The fourth-order valence-corrected chi connectivity index (χ4v) is 3.53. The number of anilines is 3. The molecule has 1 aromatic carbocycles. The van der Waals surface area contributed by atoms with E-state index in [1.807, 2.05) is 20.9 Å². The Morgan fingerprint density at radius 2 is 1.83 bits per heavy atom. The molecule has 0 fully saturated rings. The molecule has 0 amide bonds. The molecule has 0 aliphatic carbocycles. The van der Waals surface area contributed by atoms with Crippen molar-refractivity contribution < 1.29 is 0 Å². The zero-order valence-corrected chi connectivity index (χ0v) is 16.0. The van der Waals surface area contributed by atoms with Gasteiger partial charge in [0.05, 0.1) is 27.5 Å². The first-order valence-corrected chi connectivity index (χ1v) is 8.84. The van der Waals surface area contributed by atoms with Crippen molar-refractivity contribution in [3.63, 3.8) is 0 Å². The first-order chi connectivity index (χ1) is 11.4. The first kappa shape index (κ1) is 17.1. The zero-order chi connectivity index (χ0) is 17.4. The normalized spacial score (nSPS) is 11.1. The smallest absolute Gasteiger partial charge is 0.139 e. The van der Waals surface area contributed by atoms with Crippen molar-refractivity contribution in [3.05, 3.63) is 27.5 Å². The Morgan fingerprint density at radius 3 is 2.54 bits per heavy atom. The van der Waals surface area contributed by atoms with Crippen molar-refractivity contribution >= 4 is 63.3 Å². The molecule has 0 bridgehead atoms. The van der Waals surface area contributed by atoms with E-state index in [2.05, 4.69) is 35.9 Å². The minimum absolute atomic E-state index is 0.473. The van der Waals surface area contributed by atoms with Crippen LogP contribution in [0.3, 0.4) is 0 Å². The summed E-state index contributed by atoms with van der Waals surface area (Å²) in [6.07, 6.45) is 0. The summed E-state index contributed by atoms with van der Waals surface area (Å²) in [4.78, 5) is 11.1. The number of aryl methyl sites for hydroxylation is 1. The van der Waals surface area contributed by atoms with Crippen LogP contribution in [0.1, 0.15) is 18.3 Å². The van der Waals surface area contributed by atoms with Crippen LogP contribution < -0.4 is 10.2 Å². The van der Waals surface area contributed by atoms with Gasteiger partial charge in [0.15, 0.2) is 0 Å². The monoisotopic (exact) mass is 382 g/mol. The Balaban J connectivity index is 2.13. The van der Waals surface area contributed by atoms with E-state index in [0.29, 0.717) is 38.4 Å². The third-order valence-electron chi connectivity index (χ3n) is 3.76. The largest absolute Gasteiger partial charge is 0.360 e. The predicted octanol–water partition coefficient (Wildman–Crippen LogP) is 4.60. The number of rotatable bonds is 4. The fourth-order valence-electron chi connectivity index (χ4n) is 2.37. The Labute approximate surface area is 154 Å². The molecule has 126 valence electrons. The lowest BCUT2D eigenvalue weighted by Crippen LogP contribution is -2.20. The Hall–Kier alpha value is -1.70. The second-order valence-electron chi connectivity index (χ2n) is 5.38. The summed E-state index contributed by atoms with van der Waals surface area (Å²) in [5.74, 6) is 2.25. The van der Waals surface area contributed by atoms with Gasteiger partial charge in [-0.1, -0.05) is 23.2 Å². The number of hydrogen-bond donors (Lipinski definition) is 1. The lowest BCUT2D eigenvalue weighted by Gasteiger charge is -2.21. The van der Waals surface area contributed by atoms with Crippen molar-refractivity contribution in [2.75, 3.05) is 23.8 Å². The highest BCUT2D eigenvalue weighted by Crippen LogP contribution is 2.37.